The second-order valence-corrected chi connectivity index (χ2v) is 3.71. The summed E-state index contributed by atoms with van der Waals surface area (Å²) in [5, 5.41) is 14.8. The van der Waals surface area contributed by atoms with Crippen molar-refractivity contribution < 1.29 is 9.94 Å². The summed E-state index contributed by atoms with van der Waals surface area (Å²) in [6.07, 6.45) is 0.770. The highest BCUT2D eigenvalue weighted by molar-refractivity contribution is 5.85. The van der Waals surface area contributed by atoms with Gasteiger partial charge in [0.1, 0.15) is 5.75 Å². The number of benzene rings is 1. The molecule has 0 fully saturated rings. The summed E-state index contributed by atoms with van der Waals surface area (Å²) in [5.74, 6) is 1.04. The Labute approximate surface area is 101 Å². The van der Waals surface area contributed by atoms with Crippen molar-refractivity contribution in [2.75, 3.05) is 7.11 Å². The van der Waals surface area contributed by atoms with E-state index >= 15 is 0 Å². The lowest BCUT2D eigenvalue weighted by molar-refractivity contribution is 0.314. The van der Waals surface area contributed by atoms with Crippen LogP contribution in [0.25, 0.3) is 0 Å². The third-order valence-electron chi connectivity index (χ3n) is 2.59. The molecule has 1 aromatic rings. The molecule has 17 heavy (non-hydrogen) atoms. The molecule has 0 radical (unpaired) electrons. The molecular formula is C12H19N3O2. The fraction of sp³-hybridized carbons (Fsp3) is 0.417. The predicted octanol–water partition coefficient (Wildman–Crippen LogP) is 1.31. The number of nitrogens with one attached hydrogen (secondary N) is 1. The van der Waals surface area contributed by atoms with Crippen molar-refractivity contribution in [3.8, 4) is 5.75 Å². The van der Waals surface area contributed by atoms with Crippen LogP contribution in [0.15, 0.2) is 29.4 Å². The van der Waals surface area contributed by atoms with E-state index in [4.69, 9.17) is 15.7 Å². The minimum Gasteiger partial charge on any atom is -0.497 e. The van der Waals surface area contributed by atoms with Crippen LogP contribution in [0.4, 0.5) is 0 Å². The van der Waals surface area contributed by atoms with Crippen molar-refractivity contribution in [2.45, 2.75) is 25.9 Å². The number of nitrogens with zero attached hydrogens (tertiary/aromatic N) is 1. The number of methoxy groups -OCH3 is 1. The van der Waals surface area contributed by atoms with Gasteiger partial charge in [0, 0.05) is 6.54 Å². The van der Waals surface area contributed by atoms with Crippen LogP contribution in [0.2, 0.25) is 0 Å². The second-order valence-electron chi connectivity index (χ2n) is 3.71. The maximum absolute atomic E-state index is 8.61. The van der Waals surface area contributed by atoms with Crippen LogP contribution in [0.1, 0.15) is 18.9 Å². The molecule has 0 amide bonds. The molecule has 1 unspecified atom stereocenters. The fourth-order valence-corrected chi connectivity index (χ4v) is 1.51. The van der Waals surface area contributed by atoms with Crippen LogP contribution in [0.3, 0.4) is 0 Å². The number of amidine groups is 1. The fourth-order valence-electron chi connectivity index (χ4n) is 1.51. The first kappa shape index (κ1) is 13.3. The molecule has 1 atom stereocenters. The highest BCUT2D eigenvalue weighted by atomic mass is 16.5. The normalized spacial score (nSPS) is 13.4. The lowest BCUT2D eigenvalue weighted by Crippen LogP contribution is -2.40. The first-order chi connectivity index (χ1) is 8.21. The number of hydrogen-bond acceptors (Lipinski definition) is 4. The van der Waals surface area contributed by atoms with Crippen LogP contribution >= 0.6 is 0 Å². The Balaban J connectivity index is 2.53. The van der Waals surface area contributed by atoms with Crippen LogP contribution in [0, 0.1) is 0 Å². The van der Waals surface area contributed by atoms with Gasteiger partial charge in [-0.05, 0) is 24.1 Å². The minimum absolute atomic E-state index is 0.109. The van der Waals surface area contributed by atoms with Gasteiger partial charge in [-0.3, -0.25) is 0 Å². The Hall–Kier alpha value is -1.75. The number of hydrogen-bond donors (Lipinski definition) is 3. The molecular weight excluding hydrogens is 218 g/mol. The van der Waals surface area contributed by atoms with Crippen molar-refractivity contribution in [3.63, 3.8) is 0 Å². The molecule has 0 bridgehead atoms. The molecule has 94 valence electrons. The Morgan fingerprint density at radius 1 is 1.47 bits per heavy atom. The Morgan fingerprint density at radius 3 is 2.59 bits per heavy atom. The van der Waals surface area contributed by atoms with Crippen molar-refractivity contribution in [1.29, 1.82) is 0 Å². The summed E-state index contributed by atoms with van der Waals surface area (Å²) >= 11 is 0. The second kappa shape index (κ2) is 6.75. The molecule has 0 saturated carbocycles. The summed E-state index contributed by atoms with van der Waals surface area (Å²) in [6.45, 7) is 2.64. The van der Waals surface area contributed by atoms with Crippen molar-refractivity contribution in [2.24, 2.45) is 10.9 Å². The lowest BCUT2D eigenvalue weighted by atomic mass is 10.1. The SMILES string of the molecule is CCC(NCc1ccc(OC)cc1)/C(N)=N/O. The van der Waals surface area contributed by atoms with Gasteiger partial charge in [-0.2, -0.15) is 0 Å². The molecule has 0 aliphatic carbocycles. The van der Waals surface area contributed by atoms with Gasteiger partial charge in [0.25, 0.3) is 0 Å². The first-order valence-electron chi connectivity index (χ1n) is 5.55. The van der Waals surface area contributed by atoms with Gasteiger partial charge >= 0.3 is 0 Å². The molecule has 0 heterocycles. The minimum atomic E-state index is -0.109. The molecule has 1 aromatic carbocycles. The summed E-state index contributed by atoms with van der Waals surface area (Å²) in [5.41, 5.74) is 6.68. The zero-order valence-corrected chi connectivity index (χ0v) is 10.2. The standard InChI is InChI=1S/C12H19N3O2/c1-3-11(12(13)15-16)14-8-9-4-6-10(17-2)7-5-9/h4-7,11,14,16H,3,8H2,1-2H3,(H2,13,15). The highest BCUT2D eigenvalue weighted by Gasteiger charge is 2.10. The molecule has 5 nitrogen and oxygen atoms in total. The van der Waals surface area contributed by atoms with E-state index in [0.717, 1.165) is 17.7 Å². The van der Waals surface area contributed by atoms with Crippen LogP contribution < -0.4 is 15.8 Å². The molecule has 1 rings (SSSR count). The van der Waals surface area contributed by atoms with Gasteiger partial charge in [0.05, 0.1) is 13.2 Å². The third-order valence-corrected chi connectivity index (χ3v) is 2.59. The van der Waals surface area contributed by atoms with Crippen LogP contribution in [-0.4, -0.2) is 24.2 Å². The largest absolute Gasteiger partial charge is 0.497 e. The van der Waals surface area contributed by atoms with E-state index in [1.165, 1.54) is 0 Å². The van der Waals surface area contributed by atoms with E-state index in [-0.39, 0.29) is 11.9 Å². The van der Waals surface area contributed by atoms with Crippen molar-refractivity contribution in [1.82, 2.24) is 5.32 Å². The zero-order chi connectivity index (χ0) is 12.7. The summed E-state index contributed by atoms with van der Waals surface area (Å²) in [7, 11) is 1.64. The van der Waals surface area contributed by atoms with Gasteiger partial charge in [0.15, 0.2) is 5.84 Å². The van der Waals surface area contributed by atoms with Gasteiger partial charge in [-0.1, -0.05) is 24.2 Å². The summed E-state index contributed by atoms with van der Waals surface area (Å²) in [4.78, 5) is 0. The summed E-state index contributed by atoms with van der Waals surface area (Å²) < 4.78 is 5.08. The Bertz CT molecular complexity index is 363. The highest BCUT2D eigenvalue weighted by Crippen LogP contribution is 2.11. The van der Waals surface area contributed by atoms with E-state index in [1.807, 2.05) is 31.2 Å². The Kier molecular flexibility index (Phi) is 5.29. The molecule has 4 N–H and O–H groups in total. The van der Waals surface area contributed by atoms with Gasteiger partial charge < -0.3 is 21.0 Å². The zero-order valence-electron chi connectivity index (χ0n) is 10.2. The summed E-state index contributed by atoms with van der Waals surface area (Å²) in [6, 6.07) is 7.65. The molecule has 0 aliphatic rings. The number of ether oxygens (including phenoxy) is 1. The topological polar surface area (TPSA) is 79.9 Å². The number of oxime groups is 1. The number of nitrogens with two attached hydrogens (primary N) is 1. The maximum Gasteiger partial charge on any atom is 0.156 e. The van der Waals surface area contributed by atoms with Crippen LogP contribution in [-0.2, 0) is 6.54 Å². The van der Waals surface area contributed by atoms with E-state index in [1.54, 1.807) is 7.11 Å². The predicted molar refractivity (Wildman–Crippen MR) is 67.3 cm³/mol. The monoisotopic (exact) mass is 237 g/mol. The molecule has 0 aromatic heterocycles. The molecule has 0 aliphatic heterocycles. The van der Waals surface area contributed by atoms with E-state index in [9.17, 15) is 0 Å². The average molecular weight is 237 g/mol. The van der Waals surface area contributed by atoms with E-state index < -0.39 is 0 Å². The quantitative estimate of drug-likeness (QED) is 0.301. The van der Waals surface area contributed by atoms with Gasteiger partial charge in [-0.15, -0.1) is 0 Å². The van der Waals surface area contributed by atoms with Crippen molar-refractivity contribution in [3.05, 3.63) is 29.8 Å². The lowest BCUT2D eigenvalue weighted by Gasteiger charge is -2.15. The number of rotatable bonds is 6. The first-order valence-corrected chi connectivity index (χ1v) is 5.55. The molecule has 5 heteroatoms. The molecule has 0 spiro atoms. The van der Waals surface area contributed by atoms with Crippen molar-refractivity contribution >= 4 is 5.84 Å². The van der Waals surface area contributed by atoms with Gasteiger partial charge in [-0.25, -0.2) is 0 Å². The smallest absolute Gasteiger partial charge is 0.156 e. The van der Waals surface area contributed by atoms with E-state index in [2.05, 4.69) is 10.5 Å². The molecule has 0 saturated heterocycles. The third kappa shape index (κ3) is 3.96. The van der Waals surface area contributed by atoms with E-state index in [0.29, 0.717) is 6.54 Å². The Morgan fingerprint density at radius 2 is 2.12 bits per heavy atom. The van der Waals surface area contributed by atoms with Crippen LogP contribution in [0.5, 0.6) is 5.75 Å². The maximum atomic E-state index is 8.61. The van der Waals surface area contributed by atoms with Gasteiger partial charge in [0.2, 0.25) is 0 Å². The average Bonchev–Trinajstić information content (AvgIpc) is 2.39.